The summed E-state index contributed by atoms with van der Waals surface area (Å²) in [4.78, 5) is 39.9. The SMILES string of the molecule is COc1ccc(CNC(=O)c2cc3n(n2)C[C@@](C)(C(=O)NCCC(C)C)N(C)C3=O)cc1. The molecule has 3 rings (SSSR count). The smallest absolute Gasteiger partial charge is 0.272 e. The van der Waals surface area contributed by atoms with E-state index in [0.29, 0.717) is 19.0 Å². The van der Waals surface area contributed by atoms with Crippen LogP contribution in [0.1, 0.15) is 53.7 Å². The van der Waals surface area contributed by atoms with Gasteiger partial charge in [0.05, 0.1) is 13.7 Å². The summed E-state index contributed by atoms with van der Waals surface area (Å²) in [5.74, 6) is 0.229. The minimum atomic E-state index is -1.09. The van der Waals surface area contributed by atoms with E-state index in [1.165, 1.54) is 15.6 Å². The molecular formula is C23H31N5O4. The van der Waals surface area contributed by atoms with Crippen molar-refractivity contribution in [3.05, 3.63) is 47.3 Å². The molecule has 9 heteroatoms. The van der Waals surface area contributed by atoms with Crippen molar-refractivity contribution in [3.63, 3.8) is 0 Å². The lowest BCUT2D eigenvalue weighted by molar-refractivity contribution is -0.132. The first-order valence-corrected chi connectivity index (χ1v) is 10.7. The third kappa shape index (κ3) is 4.76. The van der Waals surface area contributed by atoms with Crippen LogP contribution in [0.3, 0.4) is 0 Å². The van der Waals surface area contributed by atoms with Gasteiger partial charge in [0.2, 0.25) is 5.91 Å². The van der Waals surface area contributed by atoms with Crippen LogP contribution in [0.15, 0.2) is 30.3 Å². The van der Waals surface area contributed by atoms with E-state index in [4.69, 9.17) is 4.74 Å². The molecule has 0 unspecified atom stereocenters. The van der Waals surface area contributed by atoms with Gasteiger partial charge in [-0.25, -0.2) is 0 Å². The van der Waals surface area contributed by atoms with Crippen LogP contribution in [0.2, 0.25) is 0 Å². The van der Waals surface area contributed by atoms with Gasteiger partial charge in [-0.3, -0.25) is 19.1 Å². The molecule has 2 aromatic rings. The van der Waals surface area contributed by atoms with Gasteiger partial charge in [-0.1, -0.05) is 26.0 Å². The average molecular weight is 442 g/mol. The number of nitrogens with zero attached hydrogens (tertiary/aromatic N) is 3. The maximum absolute atomic E-state index is 12.9. The lowest BCUT2D eigenvalue weighted by Crippen LogP contribution is -2.62. The zero-order valence-electron chi connectivity index (χ0n) is 19.3. The minimum absolute atomic E-state index is 0.139. The molecule has 3 amide bonds. The summed E-state index contributed by atoms with van der Waals surface area (Å²) in [5, 5.41) is 10.0. The summed E-state index contributed by atoms with van der Waals surface area (Å²) >= 11 is 0. The largest absolute Gasteiger partial charge is 0.497 e. The number of aromatic nitrogens is 2. The number of benzene rings is 1. The van der Waals surface area contributed by atoms with E-state index in [1.807, 2.05) is 24.3 Å². The molecule has 0 bridgehead atoms. The Morgan fingerprint density at radius 1 is 1.22 bits per heavy atom. The van der Waals surface area contributed by atoms with Crippen LogP contribution >= 0.6 is 0 Å². The third-order valence-electron chi connectivity index (χ3n) is 5.84. The first kappa shape index (κ1) is 23.3. The van der Waals surface area contributed by atoms with Crippen molar-refractivity contribution in [1.82, 2.24) is 25.3 Å². The molecule has 0 fully saturated rings. The van der Waals surface area contributed by atoms with E-state index in [-0.39, 0.29) is 35.7 Å². The van der Waals surface area contributed by atoms with Crippen LogP contribution < -0.4 is 15.4 Å². The monoisotopic (exact) mass is 441 g/mol. The first-order valence-electron chi connectivity index (χ1n) is 10.7. The molecule has 0 spiro atoms. The van der Waals surface area contributed by atoms with Gasteiger partial charge in [0.25, 0.3) is 11.8 Å². The highest BCUT2D eigenvalue weighted by Gasteiger charge is 2.46. The van der Waals surface area contributed by atoms with Crippen LogP contribution in [0.25, 0.3) is 0 Å². The fourth-order valence-corrected chi connectivity index (χ4v) is 3.52. The lowest BCUT2D eigenvalue weighted by Gasteiger charge is -2.40. The van der Waals surface area contributed by atoms with Gasteiger partial charge in [0, 0.05) is 26.2 Å². The van der Waals surface area contributed by atoms with Crippen LogP contribution in [-0.4, -0.2) is 58.6 Å². The highest BCUT2D eigenvalue weighted by atomic mass is 16.5. The molecule has 2 N–H and O–H groups in total. The molecule has 0 saturated heterocycles. The maximum atomic E-state index is 12.9. The van der Waals surface area contributed by atoms with Gasteiger partial charge in [-0.05, 0) is 37.0 Å². The summed E-state index contributed by atoms with van der Waals surface area (Å²) in [5.41, 5.74) is 0.239. The van der Waals surface area contributed by atoms with Gasteiger partial charge >= 0.3 is 0 Å². The number of rotatable bonds is 8. The maximum Gasteiger partial charge on any atom is 0.272 e. The van der Waals surface area contributed by atoms with Gasteiger partial charge in [0.1, 0.15) is 17.0 Å². The Bertz CT molecular complexity index is 998. The number of nitrogens with one attached hydrogen (secondary N) is 2. The number of carbonyl (C=O) groups is 3. The molecule has 172 valence electrons. The minimum Gasteiger partial charge on any atom is -0.497 e. The molecule has 1 atom stereocenters. The Hall–Kier alpha value is -3.36. The number of amides is 3. The molecule has 1 aromatic carbocycles. The highest BCUT2D eigenvalue weighted by molar-refractivity contribution is 6.01. The van der Waals surface area contributed by atoms with Crippen molar-refractivity contribution in [2.75, 3.05) is 20.7 Å². The Kier molecular flexibility index (Phi) is 6.86. The number of methoxy groups -OCH3 is 1. The molecule has 0 radical (unpaired) electrons. The van der Waals surface area contributed by atoms with E-state index >= 15 is 0 Å². The standard InChI is InChI=1S/C23H31N5O4/c1-15(2)10-11-24-22(31)23(3)14-28-19(21(30)27(23)4)12-18(26-28)20(29)25-13-16-6-8-17(32-5)9-7-16/h6-9,12,15H,10-11,13-14H2,1-5H3,(H,24,31)(H,25,29)/t23-/m0/s1. The van der Waals surface area contributed by atoms with Crippen molar-refractivity contribution >= 4 is 17.7 Å². The topological polar surface area (TPSA) is 106 Å². The van der Waals surface area contributed by atoms with E-state index in [0.717, 1.165) is 17.7 Å². The average Bonchev–Trinajstić information content (AvgIpc) is 3.19. The molecule has 1 aliphatic rings. The molecule has 9 nitrogen and oxygen atoms in total. The summed E-state index contributed by atoms with van der Waals surface area (Å²) < 4.78 is 6.58. The Labute approximate surface area is 188 Å². The summed E-state index contributed by atoms with van der Waals surface area (Å²) in [6.45, 7) is 6.91. The number of hydrogen-bond acceptors (Lipinski definition) is 5. The van der Waals surface area contributed by atoms with Gasteiger partial charge in [0.15, 0.2) is 5.69 Å². The number of ether oxygens (including phenoxy) is 1. The summed E-state index contributed by atoms with van der Waals surface area (Å²) in [6, 6.07) is 8.83. The van der Waals surface area contributed by atoms with E-state index in [9.17, 15) is 14.4 Å². The Morgan fingerprint density at radius 3 is 2.53 bits per heavy atom. The second-order valence-corrected chi connectivity index (χ2v) is 8.68. The summed E-state index contributed by atoms with van der Waals surface area (Å²) in [7, 11) is 3.20. The van der Waals surface area contributed by atoms with Gasteiger partial charge in [-0.2, -0.15) is 5.10 Å². The molecular weight excluding hydrogens is 410 g/mol. The van der Waals surface area contributed by atoms with Crippen molar-refractivity contribution in [3.8, 4) is 5.75 Å². The molecule has 32 heavy (non-hydrogen) atoms. The zero-order valence-corrected chi connectivity index (χ0v) is 19.3. The second kappa shape index (κ2) is 9.42. The van der Waals surface area contributed by atoms with Crippen LogP contribution in [0, 0.1) is 5.92 Å². The number of fused-ring (bicyclic) bond motifs is 1. The van der Waals surface area contributed by atoms with Crippen LogP contribution in [0.5, 0.6) is 5.75 Å². The van der Waals surface area contributed by atoms with E-state index in [2.05, 4.69) is 29.6 Å². The first-order chi connectivity index (χ1) is 15.2. The predicted molar refractivity (Wildman–Crippen MR) is 119 cm³/mol. The predicted octanol–water partition coefficient (Wildman–Crippen LogP) is 1.83. The highest BCUT2D eigenvalue weighted by Crippen LogP contribution is 2.26. The Morgan fingerprint density at radius 2 is 1.91 bits per heavy atom. The van der Waals surface area contributed by atoms with Crippen molar-refractivity contribution in [2.45, 2.75) is 45.8 Å². The summed E-state index contributed by atoms with van der Waals surface area (Å²) in [6.07, 6.45) is 0.852. The van der Waals surface area contributed by atoms with Crippen LogP contribution in [-0.2, 0) is 17.9 Å². The van der Waals surface area contributed by atoms with Crippen molar-refractivity contribution < 1.29 is 19.1 Å². The number of carbonyl (C=O) groups excluding carboxylic acids is 3. The zero-order chi connectivity index (χ0) is 23.5. The number of hydrogen-bond donors (Lipinski definition) is 2. The second-order valence-electron chi connectivity index (χ2n) is 8.68. The molecule has 2 heterocycles. The van der Waals surface area contributed by atoms with Crippen molar-refractivity contribution in [2.24, 2.45) is 5.92 Å². The molecule has 0 saturated carbocycles. The Balaban J connectivity index is 1.70. The quantitative estimate of drug-likeness (QED) is 0.650. The van der Waals surface area contributed by atoms with Crippen molar-refractivity contribution in [1.29, 1.82) is 0 Å². The number of likely N-dealkylation sites (N-methyl/N-ethyl adjacent to an activating group) is 1. The third-order valence-corrected chi connectivity index (χ3v) is 5.84. The fourth-order valence-electron chi connectivity index (χ4n) is 3.52. The lowest BCUT2D eigenvalue weighted by atomic mass is 9.95. The molecule has 1 aromatic heterocycles. The fraction of sp³-hybridized carbons (Fsp3) is 0.478. The normalized spacial score (nSPS) is 17.8. The van der Waals surface area contributed by atoms with E-state index < -0.39 is 5.54 Å². The van der Waals surface area contributed by atoms with E-state index in [1.54, 1.807) is 21.1 Å². The van der Waals surface area contributed by atoms with Gasteiger partial charge < -0.3 is 20.3 Å². The van der Waals surface area contributed by atoms with Gasteiger partial charge in [-0.15, -0.1) is 0 Å². The van der Waals surface area contributed by atoms with Crippen LogP contribution in [0.4, 0.5) is 0 Å². The molecule has 0 aliphatic carbocycles. The molecule has 1 aliphatic heterocycles.